The number of halogens is 4. The van der Waals surface area contributed by atoms with E-state index in [9.17, 15) is 18.0 Å². The average Bonchev–Trinajstić information content (AvgIpc) is 3.08. The Morgan fingerprint density at radius 1 is 1.00 bits per heavy atom. The molecule has 1 aliphatic rings. The number of nitrogens with one attached hydrogen (secondary N) is 1. The number of alkyl halides is 3. The molecule has 2 heterocycles. The van der Waals surface area contributed by atoms with Crippen LogP contribution in [0.1, 0.15) is 47.2 Å². The Balaban J connectivity index is 1.51. The fourth-order valence-corrected chi connectivity index (χ4v) is 4.42. The van der Waals surface area contributed by atoms with Crippen molar-refractivity contribution in [2.45, 2.75) is 38.8 Å². The molecule has 0 unspecified atom stereocenters. The molecule has 0 atom stereocenters. The van der Waals surface area contributed by atoms with Crippen molar-refractivity contribution in [1.82, 2.24) is 4.98 Å². The molecule has 4 nitrogen and oxygen atoms in total. The first kappa shape index (κ1) is 24.1. The van der Waals surface area contributed by atoms with Crippen molar-refractivity contribution in [3.63, 3.8) is 0 Å². The van der Waals surface area contributed by atoms with Crippen LogP contribution in [0.3, 0.4) is 0 Å². The molecule has 1 fully saturated rings. The van der Waals surface area contributed by atoms with Gasteiger partial charge < -0.3 is 10.2 Å². The molecule has 0 saturated carbocycles. The summed E-state index contributed by atoms with van der Waals surface area (Å²) in [4.78, 5) is 19.6. The lowest BCUT2D eigenvalue weighted by Crippen LogP contribution is -2.24. The number of aromatic nitrogens is 1. The molecule has 34 heavy (non-hydrogen) atoms. The van der Waals surface area contributed by atoms with E-state index in [1.54, 1.807) is 24.4 Å². The van der Waals surface area contributed by atoms with Crippen LogP contribution < -0.4 is 10.2 Å². The van der Waals surface area contributed by atoms with Crippen molar-refractivity contribution >= 4 is 29.0 Å². The van der Waals surface area contributed by atoms with Crippen molar-refractivity contribution < 1.29 is 18.0 Å². The second-order valence-electron chi connectivity index (χ2n) is 8.48. The Hall–Kier alpha value is -3.06. The van der Waals surface area contributed by atoms with E-state index in [1.165, 1.54) is 25.0 Å². The summed E-state index contributed by atoms with van der Waals surface area (Å²) >= 11 is 5.89. The molecule has 1 aliphatic heterocycles. The Labute approximate surface area is 201 Å². The van der Waals surface area contributed by atoms with Gasteiger partial charge >= 0.3 is 6.18 Å². The Kier molecular flexibility index (Phi) is 7.12. The van der Waals surface area contributed by atoms with E-state index in [-0.39, 0.29) is 10.9 Å². The summed E-state index contributed by atoms with van der Waals surface area (Å²) in [5, 5.41) is 2.46. The minimum Gasteiger partial charge on any atom is -0.357 e. The molecule has 0 bridgehead atoms. The van der Waals surface area contributed by atoms with Crippen molar-refractivity contribution in [2.75, 3.05) is 23.3 Å². The largest absolute Gasteiger partial charge is 0.417 e. The normalized spacial score (nSPS) is 14.6. The first-order valence-electron chi connectivity index (χ1n) is 11.2. The van der Waals surface area contributed by atoms with Crippen LogP contribution in [0.5, 0.6) is 0 Å². The van der Waals surface area contributed by atoms with Gasteiger partial charge in [-0.15, -0.1) is 0 Å². The van der Waals surface area contributed by atoms with Crippen molar-refractivity contribution in [3.8, 4) is 11.1 Å². The number of benzene rings is 2. The molecule has 1 aromatic heterocycles. The number of carbonyl (C=O) groups is 1. The van der Waals surface area contributed by atoms with Gasteiger partial charge in [0, 0.05) is 18.7 Å². The maximum absolute atomic E-state index is 13.0. The molecule has 0 aliphatic carbocycles. The molecule has 2 aromatic carbocycles. The second kappa shape index (κ2) is 10.1. The van der Waals surface area contributed by atoms with E-state index in [0.717, 1.165) is 43.4 Å². The molecule has 4 rings (SSSR count). The summed E-state index contributed by atoms with van der Waals surface area (Å²) in [6.45, 7) is 3.80. The molecular weight excluding hydrogens is 463 g/mol. The Morgan fingerprint density at radius 2 is 1.74 bits per heavy atom. The summed E-state index contributed by atoms with van der Waals surface area (Å²) in [5.41, 5.74) is 2.03. The van der Waals surface area contributed by atoms with E-state index in [4.69, 9.17) is 11.6 Å². The summed E-state index contributed by atoms with van der Waals surface area (Å²) in [6, 6.07) is 12.4. The lowest BCUT2D eigenvalue weighted by atomic mass is 9.97. The van der Waals surface area contributed by atoms with E-state index in [0.29, 0.717) is 22.4 Å². The fraction of sp³-hybridized carbons (Fsp3) is 0.308. The molecule has 0 radical (unpaired) electrons. The highest BCUT2D eigenvalue weighted by Gasteiger charge is 2.33. The van der Waals surface area contributed by atoms with E-state index < -0.39 is 11.7 Å². The van der Waals surface area contributed by atoms with Gasteiger partial charge in [0.2, 0.25) is 0 Å². The minimum absolute atomic E-state index is 0.330. The Bertz CT molecular complexity index is 1170. The van der Waals surface area contributed by atoms with Crippen molar-refractivity contribution in [3.05, 3.63) is 76.4 Å². The molecule has 178 valence electrons. The van der Waals surface area contributed by atoms with E-state index >= 15 is 0 Å². The molecule has 1 N–H and O–H groups in total. The zero-order valence-electron chi connectivity index (χ0n) is 18.8. The lowest BCUT2D eigenvalue weighted by molar-refractivity contribution is -0.137. The standard InChI is InChI=1S/C26H25ClF3N3O/c1-17-6-7-19(14-21(17)18-8-10-22(23(27)15-18)26(28,29)30)25(34)32-20-9-11-24(31-16-20)33-12-4-2-3-5-13-33/h6-11,14-16H,2-5,12-13H2,1H3,(H,32,34). The number of hydrogen-bond donors (Lipinski definition) is 1. The van der Waals surface area contributed by atoms with Crippen LogP contribution in [0.2, 0.25) is 5.02 Å². The van der Waals surface area contributed by atoms with Gasteiger partial charge in [0.1, 0.15) is 5.82 Å². The maximum Gasteiger partial charge on any atom is 0.417 e. The highest BCUT2D eigenvalue weighted by molar-refractivity contribution is 6.31. The van der Waals surface area contributed by atoms with Crippen LogP contribution in [-0.2, 0) is 6.18 Å². The number of pyridine rings is 1. The van der Waals surface area contributed by atoms with Crippen LogP contribution in [0, 0.1) is 6.92 Å². The minimum atomic E-state index is -4.52. The smallest absolute Gasteiger partial charge is 0.357 e. The summed E-state index contributed by atoms with van der Waals surface area (Å²) in [5.74, 6) is 0.570. The molecule has 3 aromatic rings. The monoisotopic (exact) mass is 487 g/mol. The van der Waals surface area contributed by atoms with Crippen molar-refractivity contribution in [1.29, 1.82) is 0 Å². The maximum atomic E-state index is 13.0. The predicted molar refractivity (Wildman–Crippen MR) is 129 cm³/mol. The first-order valence-corrected chi connectivity index (χ1v) is 11.6. The summed E-state index contributed by atoms with van der Waals surface area (Å²) in [7, 11) is 0. The van der Waals surface area contributed by atoms with Gasteiger partial charge in [-0.25, -0.2) is 4.98 Å². The van der Waals surface area contributed by atoms with Gasteiger partial charge in [0.15, 0.2) is 0 Å². The van der Waals surface area contributed by atoms with Gasteiger partial charge in [-0.3, -0.25) is 4.79 Å². The van der Waals surface area contributed by atoms with Gasteiger partial charge in [-0.05, 0) is 72.9 Å². The SMILES string of the molecule is Cc1ccc(C(=O)Nc2ccc(N3CCCCCC3)nc2)cc1-c1ccc(C(F)(F)F)c(Cl)c1. The number of nitrogens with zero attached hydrogens (tertiary/aromatic N) is 2. The highest BCUT2D eigenvalue weighted by atomic mass is 35.5. The lowest BCUT2D eigenvalue weighted by Gasteiger charge is -2.21. The highest BCUT2D eigenvalue weighted by Crippen LogP contribution is 2.37. The van der Waals surface area contributed by atoms with E-state index in [1.807, 2.05) is 19.1 Å². The quantitative estimate of drug-likeness (QED) is 0.418. The van der Waals surface area contributed by atoms with Gasteiger partial charge in [-0.2, -0.15) is 13.2 Å². The number of carbonyl (C=O) groups excluding carboxylic acids is 1. The molecular formula is C26H25ClF3N3O. The number of amides is 1. The second-order valence-corrected chi connectivity index (χ2v) is 8.89. The summed E-state index contributed by atoms with van der Waals surface area (Å²) < 4.78 is 39.1. The first-order chi connectivity index (χ1) is 16.2. The van der Waals surface area contributed by atoms with Crippen LogP contribution >= 0.6 is 11.6 Å². The van der Waals surface area contributed by atoms with Crippen LogP contribution in [0.4, 0.5) is 24.7 Å². The third-order valence-corrected chi connectivity index (χ3v) is 6.33. The molecule has 1 saturated heterocycles. The molecule has 0 spiro atoms. The zero-order chi connectivity index (χ0) is 24.3. The van der Waals surface area contributed by atoms with Gasteiger partial charge in [-0.1, -0.05) is 36.6 Å². The average molecular weight is 488 g/mol. The molecule has 8 heteroatoms. The number of rotatable bonds is 4. The van der Waals surface area contributed by atoms with Gasteiger partial charge in [0.25, 0.3) is 5.91 Å². The fourth-order valence-electron chi connectivity index (χ4n) is 4.14. The van der Waals surface area contributed by atoms with Crippen molar-refractivity contribution in [2.24, 2.45) is 0 Å². The third kappa shape index (κ3) is 5.53. The van der Waals surface area contributed by atoms with Crippen LogP contribution in [0.15, 0.2) is 54.7 Å². The predicted octanol–water partition coefficient (Wildman–Crippen LogP) is 7.36. The summed E-state index contributed by atoms with van der Waals surface area (Å²) in [6.07, 6.45) is 1.90. The van der Waals surface area contributed by atoms with Gasteiger partial charge in [0.05, 0.1) is 22.5 Å². The third-order valence-electron chi connectivity index (χ3n) is 6.02. The Morgan fingerprint density at radius 3 is 2.35 bits per heavy atom. The zero-order valence-corrected chi connectivity index (χ0v) is 19.5. The number of anilines is 2. The van der Waals surface area contributed by atoms with E-state index in [2.05, 4.69) is 15.2 Å². The topological polar surface area (TPSA) is 45.2 Å². The molecule has 1 amide bonds. The number of aryl methyl sites for hydroxylation is 1. The van der Waals surface area contributed by atoms with Crippen LogP contribution in [0.25, 0.3) is 11.1 Å². The van der Waals surface area contributed by atoms with Crippen LogP contribution in [-0.4, -0.2) is 24.0 Å². The number of hydrogen-bond acceptors (Lipinski definition) is 3.